The fraction of sp³-hybridized carbons (Fsp3) is 0.933. The van der Waals surface area contributed by atoms with Crippen molar-refractivity contribution in [3.8, 4) is 0 Å². The summed E-state index contributed by atoms with van der Waals surface area (Å²) in [5.74, 6) is 0.194. The predicted octanol–water partition coefficient (Wildman–Crippen LogP) is 0.452. The Bertz CT molecular complexity index is 325. The van der Waals surface area contributed by atoms with E-state index >= 15 is 0 Å². The van der Waals surface area contributed by atoms with Crippen LogP contribution in [-0.2, 0) is 9.53 Å². The van der Waals surface area contributed by atoms with Gasteiger partial charge in [-0.15, -0.1) is 0 Å². The summed E-state index contributed by atoms with van der Waals surface area (Å²) in [6.07, 6.45) is 5.95. The molecule has 0 aromatic heterocycles. The first-order valence-electron chi connectivity index (χ1n) is 8.20. The van der Waals surface area contributed by atoms with Crippen molar-refractivity contribution in [3.63, 3.8) is 0 Å². The van der Waals surface area contributed by atoms with Gasteiger partial charge in [-0.25, -0.2) is 0 Å². The van der Waals surface area contributed by atoms with Gasteiger partial charge in [0.25, 0.3) is 5.91 Å². The number of likely N-dealkylation sites (tertiary alicyclic amines) is 2. The molecule has 0 spiro atoms. The fourth-order valence-corrected chi connectivity index (χ4v) is 3.70. The second kappa shape index (κ2) is 6.87. The highest BCUT2D eigenvalue weighted by Gasteiger charge is 2.30. The van der Waals surface area contributed by atoms with E-state index in [0.29, 0.717) is 19.2 Å². The maximum absolute atomic E-state index is 12.5. The summed E-state index contributed by atoms with van der Waals surface area (Å²) in [7, 11) is 0. The lowest BCUT2D eigenvalue weighted by Crippen LogP contribution is -2.49. The number of morpholine rings is 1. The van der Waals surface area contributed by atoms with Crippen LogP contribution in [0.5, 0.6) is 0 Å². The van der Waals surface area contributed by atoms with Gasteiger partial charge in [0.15, 0.2) is 0 Å². The van der Waals surface area contributed by atoms with Gasteiger partial charge in [-0.1, -0.05) is 0 Å². The quantitative estimate of drug-likeness (QED) is 0.798. The Morgan fingerprint density at radius 3 is 2.65 bits per heavy atom. The standard InChI is InChI=1S/C15H27N3O2/c19-15(14-12-16-6-11-20-14)18-9-3-4-13(5-10-18)17-7-1-2-8-17/h13-14,16H,1-12H2/t13?,14-/m1/s1. The van der Waals surface area contributed by atoms with Crippen molar-refractivity contribution in [3.05, 3.63) is 0 Å². The van der Waals surface area contributed by atoms with E-state index < -0.39 is 0 Å². The summed E-state index contributed by atoms with van der Waals surface area (Å²) in [6, 6.07) is 0.695. The third kappa shape index (κ3) is 3.32. The van der Waals surface area contributed by atoms with Crippen molar-refractivity contribution < 1.29 is 9.53 Å². The molecule has 3 fully saturated rings. The molecule has 1 N–H and O–H groups in total. The minimum absolute atomic E-state index is 0.194. The van der Waals surface area contributed by atoms with Gasteiger partial charge in [0.2, 0.25) is 0 Å². The molecule has 0 aromatic carbocycles. The van der Waals surface area contributed by atoms with Gasteiger partial charge < -0.3 is 19.9 Å². The largest absolute Gasteiger partial charge is 0.366 e. The minimum atomic E-state index is -0.257. The van der Waals surface area contributed by atoms with Crippen molar-refractivity contribution in [2.75, 3.05) is 45.9 Å². The van der Waals surface area contributed by atoms with Crippen LogP contribution in [0.15, 0.2) is 0 Å². The first-order valence-corrected chi connectivity index (χ1v) is 8.20. The zero-order valence-corrected chi connectivity index (χ0v) is 12.4. The van der Waals surface area contributed by atoms with Gasteiger partial charge in [0.1, 0.15) is 6.10 Å². The third-order valence-electron chi connectivity index (χ3n) is 4.87. The average molecular weight is 281 g/mol. The minimum Gasteiger partial charge on any atom is -0.366 e. The van der Waals surface area contributed by atoms with Gasteiger partial charge in [0, 0.05) is 32.2 Å². The summed E-state index contributed by atoms with van der Waals surface area (Å²) in [6.45, 7) is 6.51. The topological polar surface area (TPSA) is 44.8 Å². The van der Waals surface area contributed by atoms with Gasteiger partial charge in [-0.3, -0.25) is 4.79 Å². The molecule has 114 valence electrons. The molecule has 3 aliphatic rings. The molecule has 3 heterocycles. The van der Waals surface area contributed by atoms with E-state index in [9.17, 15) is 4.79 Å². The molecule has 20 heavy (non-hydrogen) atoms. The van der Waals surface area contributed by atoms with Gasteiger partial charge in [-0.05, 0) is 45.2 Å². The number of hydrogen-bond acceptors (Lipinski definition) is 4. The molecule has 3 saturated heterocycles. The van der Waals surface area contributed by atoms with E-state index in [4.69, 9.17) is 4.74 Å². The second-order valence-corrected chi connectivity index (χ2v) is 6.22. The van der Waals surface area contributed by atoms with Gasteiger partial charge in [0.05, 0.1) is 6.61 Å². The van der Waals surface area contributed by atoms with Gasteiger partial charge in [-0.2, -0.15) is 0 Å². The van der Waals surface area contributed by atoms with Crippen LogP contribution in [0.2, 0.25) is 0 Å². The van der Waals surface area contributed by atoms with Crippen LogP contribution in [0.25, 0.3) is 0 Å². The number of amides is 1. The predicted molar refractivity (Wildman–Crippen MR) is 77.6 cm³/mol. The van der Waals surface area contributed by atoms with Crippen molar-refractivity contribution in [2.45, 2.75) is 44.2 Å². The zero-order chi connectivity index (χ0) is 13.8. The van der Waals surface area contributed by atoms with Crippen LogP contribution in [0.3, 0.4) is 0 Å². The monoisotopic (exact) mass is 281 g/mol. The van der Waals surface area contributed by atoms with Crippen molar-refractivity contribution in [1.82, 2.24) is 15.1 Å². The van der Waals surface area contributed by atoms with Crippen LogP contribution in [-0.4, -0.2) is 73.7 Å². The highest BCUT2D eigenvalue weighted by atomic mass is 16.5. The number of rotatable bonds is 2. The molecule has 1 amide bonds. The summed E-state index contributed by atoms with van der Waals surface area (Å²) in [5.41, 5.74) is 0. The fourth-order valence-electron chi connectivity index (χ4n) is 3.70. The molecule has 5 heteroatoms. The number of hydrogen-bond donors (Lipinski definition) is 1. The Kier molecular flexibility index (Phi) is 4.91. The summed E-state index contributed by atoms with van der Waals surface area (Å²) >= 11 is 0. The molecule has 2 atom stereocenters. The molecule has 3 rings (SSSR count). The molecule has 3 aliphatic heterocycles. The molecule has 5 nitrogen and oxygen atoms in total. The second-order valence-electron chi connectivity index (χ2n) is 6.22. The molecule has 1 unspecified atom stereocenters. The highest BCUT2D eigenvalue weighted by molar-refractivity contribution is 5.81. The first kappa shape index (κ1) is 14.3. The smallest absolute Gasteiger partial charge is 0.253 e. The zero-order valence-electron chi connectivity index (χ0n) is 12.4. The molecular formula is C15H27N3O2. The van der Waals surface area contributed by atoms with Crippen LogP contribution in [0, 0.1) is 0 Å². The summed E-state index contributed by atoms with van der Waals surface area (Å²) < 4.78 is 5.60. The lowest BCUT2D eigenvalue weighted by Gasteiger charge is -2.29. The van der Waals surface area contributed by atoms with E-state index in [1.165, 1.54) is 32.4 Å². The number of carbonyl (C=O) groups is 1. The van der Waals surface area contributed by atoms with Crippen molar-refractivity contribution in [2.24, 2.45) is 0 Å². The molecule has 0 aromatic rings. The summed E-state index contributed by atoms with van der Waals surface area (Å²) in [5, 5.41) is 3.24. The SMILES string of the molecule is O=C([C@H]1CNCCO1)N1CCCC(N2CCCC2)CC1. The molecule has 0 aliphatic carbocycles. The van der Waals surface area contributed by atoms with Gasteiger partial charge >= 0.3 is 0 Å². The van der Waals surface area contributed by atoms with E-state index in [2.05, 4.69) is 10.2 Å². The van der Waals surface area contributed by atoms with E-state index in [1.54, 1.807) is 0 Å². The number of nitrogens with zero attached hydrogens (tertiary/aromatic N) is 2. The molecule has 0 bridgehead atoms. The maximum atomic E-state index is 12.5. The van der Waals surface area contributed by atoms with Crippen molar-refractivity contribution in [1.29, 1.82) is 0 Å². The summed E-state index contributed by atoms with van der Waals surface area (Å²) in [4.78, 5) is 17.1. The molecular weight excluding hydrogens is 254 g/mol. The third-order valence-corrected chi connectivity index (χ3v) is 4.87. The van der Waals surface area contributed by atoms with Crippen LogP contribution in [0.4, 0.5) is 0 Å². The van der Waals surface area contributed by atoms with E-state index in [1.807, 2.05) is 4.90 Å². The normalized spacial score (nSPS) is 33.1. The Morgan fingerprint density at radius 2 is 1.90 bits per heavy atom. The Morgan fingerprint density at radius 1 is 1.05 bits per heavy atom. The van der Waals surface area contributed by atoms with Crippen LogP contribution < -0.4 is 5.32 Å². The molecule has 0 radical (unpaired) electrons. The Balaban J connectivity index is 1.52. The van der Waals surface area contributed by atoms with E-state index in [-0.39, 0.29) is 12.0 Å². The first-order chi connectivity index (χ1) is 9.84. The molecule has 0 saturated carbocycles. The maximum Gasteiger partial charge on any atom is 0.253 e. The van der Waals surface area contributed by atoms with E-state index in [0.717, 1.165) is 32.5 Å². The Labute approximate surface area is 121 Å². The lowest BCUT2D eigenvalue weighted by molar-refractivity contribution is -0.145. The lowest BCUT2D eigenvalue weighted by atomic mass is 10.1. The van der Waals surface area contributed by atoms with Crippen LogP contribution in [0.1, 0.15) is 32.1 Å². The Hall–Kier alpha value is -0.650. The number of carbonyl (C=O) groups excluding carboxylic acids is 1. The van der Waals surface area contributed by atoms with Crippen LogP contribution >= 0.6 is 0 Å². The highest BCUT2D eigenvalue weighted by Crippen LogP contribution is 2.21. The average Bonchev–Trinajstić information content (AvgIpc) is 2.92. The van der Waals surface area contributed by atoms with Crippen molar-refractivity contribution >= 4 is 5.91 Å². The number of ether oxygens (including phenoxy) is 1. The number of nitrogens with one attached hydrogen (secondary N) is 1.